The Balaban J connectivity index is 1.34. The minimum absolute atomic E-state index is 0.231. The molecule has 4 aliphatic heterocycles. The number of halogens is 1. The molecule has 0 N–H and O–H groups in total. The highest BCUT2D eigenvalue weighted by Crippen LogP contribution is 2.54. The quantitative estimate of drug-likeness (QED) is 0.325. The van der Waals surface area contributed by atoms with E-state index in [1.54, 1.807) is 43.5 Å². The topological polar surface area (TPSA) is 85.4 Å². The average molecular weight is 587 g/mol. The number of methoxy groups -OCH3 is 1. The van der Waals surface area contributed by atoms with Crippen LogP contribution in [0.25, 0.3) is 6.08 Å². The summed E-state index contributed by atoms with van der Waals surface area (Å²) in [5.41, 5.74) is 2.73. The second-order valence-electron chi connectivity index (χ2n) is 9.89. The number of fused-ring (bicyclic) bond motifs is 6. The van der Waals surface area contributed by atoms with E-state index in [0.29, 0.717) is 46.2 Å². The second-order valence-corrected chi connectivity index (χ2v) is 10.7. The zero-order valence-electron chi connectivity index (χ0n) is 20.9. The Morgan fingerprint density at radius 1 is 0.949 bits per heavy atom. The molecular formula is C30H23BrN2O6. The number of imide groups is 1. The third kappa shape index (κ3) is 3.52. The van der Waals surface area contributed by atoms with Crippen molar-refractivity contribution in [2.45, 2.75) is 12.1 Å². The summed E-state index contributed by atoms with van der Waals surface area (Å²) in [4.78, 5) is 45.5. The molecule has 0 aromatic heterocycles. The molecule has 4 atom stereocenters. The van der Waals surface area contributed by atoms with Crippen molar-refractivity contribution in [2.24, 2.45) is 11.8 Å². The van der Waals surface area contributed by atoms with Gasteiger partial charge < -0.3 is 19.1 Å². The van der Waals surface area contributed by atoms with E-state index in [0.717, 1.165) is 11.1 Å². The Morgan fingerprint density at radius 3 is 2.51 bits per heavy atom. The molecule has 0 saturated carbocycles. The monoisotopic (exact) mass is 586 g/mol. The molecule has 2 fully saturated rings. The van der Waals surface area contributed by atoms with Gasteiger partial charge in [-0.25, -0.2) is 4.90 Å². The Bertz CT molecular complexity index is 1590. The van der Waals surface area contributed by atoms with E-state index in [9.17, 15) is 14.4 Å². The van der Waals surface area contributed by atoms with Crippen molar-refractivity contribution in [2.75, 3.05) is 25.2 Å². The fourth-order valence-corrected chi connectivity index (χ4v) is 6.81. The summed E-state index contributed by atoms with van der Waals surface area (Å²) >= 11 is 3.47. The molecule has 0 spiro atoms. The van der Waals surface area contributed by atoms with Gasteiger partial charge in [-0.3, -0.25) is 14.4 Å². The fourth-order valence-electron chi connectivity index (χ4n) is 6.27. The van der Waals surface area contributed by atoms with Gasteiger partial charge in [0.1, 0.15) is 25.0 Å². The minimum atomic E-state index is -0.861. The van der Waals surface area contributed by atoms with Gasteiger partial charge in [-0.1, -0.05) is 24.3 Å². The zero-order valence-corrected chi connectivity index (χ0v) is 22.5. The smallest absolute Gasteiger partial charge is 0.240 e. The van der Waals surface area contributed by atoms with Crippen molar-refractivity contribution in [3.63, 3.8) is 0 Å². The zero-order chi connectivity index (χ0) is 26.8. The molecule has 39 heavy (non-hydrogen) atoms. The number of ether oxygens (including phenoxy) is 3. The number of rotatable bonds is 4. The number of hydrogen-bond donors (Lipinski definition) is 0. The number of hydrogen-bond acceptors (Lipinski definition) is 7. The van der Waals surface area contributed by atoms with Crippen LogP contribution in [0.4, 0.5) is 5.69 Å². The first kappa shape index (κ1) is 24.0. The van der Waals surface area contributed by atoms with Crippen LogP contribution in [0.15, 0.2) is 71.3 Å². The Morgan fingerprint density at radius 2 is 1.72 bits per heavy atom. The standard InChI is InChI=1S/C30H23BrN2O6/c1-37-21-8-6-17(14-20(21)31)28(34)27-25-24(26-19-5-3-2-4-16(19)10-11-32(26)27)29(35)33(30(25)36)18-7-9-22-23(15-18)39-13-12-38-22/h2-11,14-15,24-27H,12-13H2,1H3/t24-,25-,26-,27+/m1/s1. The number of carbonyl (C=O) groups is 3. The number of Topliss-reactive ketones (excluding diaryl/α,β-unsaturated/α-hetero) is 1. The molecule has 2 amide bonds. The number of nitrogens with zero attached hydrogens (tertiary/aromatic N) is 2. The van der Waals surface area contributed by atoms with Crippen LogP contribution in [0.2, 0.25) is 0 Å². The number of benzene rings is 3. The summed E-state index contributed by atoms with van der Waals surface area (Å²) < 4.78 is 17.3. The maximum Gasteiger partial charge on any atom is 0.240 e. The molecule has 8 nitrogen and oxygen atoms in total. The fraction of sp³-hybridized carbons (Fsp3) is 0.233. The first-order valence-electron chi connectivity index (χ1n) is 12.7. The van der Waals surface area contributed by atoms with Crippen LogP contribution in [0.3, 0.4) is 0 Å². The van der Waals surface area contributed by atoms with Gasteiger partial charge in [0.15, 0.2) is 17.3 Å². The van der Waals surface area contributed by atoms with Crippen LogP contribution in [0.5, 0.6) is 17.2 Å². The number of ketones is 1. The maximum atomic E-state index is 14.1. The van der Waals surface area contributed by atoms with E-state index in [4.69, 9.17) is 14.2 Å². The van der Waals surface area contributed by atoms with Gasteiger partial charge in [0.25, 0.3) is 0 Å². The minimum Gasteiger partial charge on any atom is -0.496 e. The van der Waals surface area contributed by atoms with E-state index in [1.807, 2.05) is 41.4 Å². The van der Waals surface area contributed by atoms with Gasteiger partial charge in [-0.2, -0.15) is 0 Å². The molecule has 0 radical (unpaired) electrons. The molecule has 0 aliphatic carbocycles. The Labute approximate surface area is 232 Å². The van der Waals surface area contributed by atoms with E-state index in [1.165, 1.54) is 4.90 Å². The van der Waals surface area contributed by atoms with Crippen LogP contribution < -0.4 is 19.1 Å². The highest BCUT2D eigenvalue weighted by atomic mass is 79.9. The number of amides is 2. The molecule has 4 heterocycles. The summed E-state index contributed by atoms with van der Waals surface area (Å²) in [7, 11) is 1.55. The lowest BCUT2D eigenvalue weighted by Crippen LogP contribution is -2.44. The average Bonchev–Trinajstić information content (AvgIpc) is 3.44. The molecule has 3 aromatic rings. The van der Waals surface area contributed by atoms with E-state index < -0.39 is 29.8 Å². The van der Waals surface area contributed by atoms with Crippen molar-refractivity contribution in [1.82, 2.24) is 4.90 Å². The SMILES string of the molecule is COc1ccc(C(=O)[C@@H]2[C@@H]3C(=O)N(c4ccc5c(c4)OCCO5)C(=O)[C@H]3[C@H]3c4ccccc4C=CN23)cc1Br. The third-order valence-corrected chi connectivity index (χ3v) is 8.57. The number of carbonyl (C=O) groups excluding carboxylic acids is 3. The summed E-state index contributed by atoms with van der Waals surface area (Å²) in [6.45, 7) is 0.825. The first-order valence-corrected chi connectivity index (χ1v) is 13.5. The Hall–Kier alpha value is -4.11. The van der Waals surface area contributed by atoms with Gasteiger partial charge in [0, 0.05) is 17.8 Å². The van der Waals surface area contributed by atoms with Crippen molar-refractivity contribution < 1.29 is 28.6 Å². The lowest BCUT2D eigenvalue weighted by atomic mass is 9.83. The van der Waals surface area contributed by atoms with Crippen LogP contribution in [-0.2, 0) is 9.59 Å². The third-order valence-electron chi connectivity index (χ3n) is 7.95. The van der Waals surface area contributed by atoms with Crippen molar-refractivity contribution in [3.8, 4) is 17.2 Å². The first-order chi connectivity index (χ1) is 19.0. The largest absolute Gasteiger partial charge is 0.496 e. The molecule has 3 aromatic carbocycles. The molecule has 9 heteroatoms. The molecule has 7 rings (SSSR count). The van der Waals surface area contributed by atoms with Gasteiger partial charge in [0.05, 0.1) is 35.1 Å². The second kappa shape index (κ2) is 8.98. The number of anilines is 1. The summed E-state index contributed by atoms with van der Waals surface area (Å²) in [6.07, 6.45) is 3.78. The molecule has 4 aliphatic rings. The summed E-state index contributed by atoms with van der Waals surface area (Å²) in [5.74, 6) is -0.893. The van der Waals surface area contributed by atoms with Crippen molar-refractivity contribution in [3.05, 3.63) is 88.0 Å². The highest BCUT2D eigenvalue weighted by Gasteiger charge is 2.64. The van der Waals surface area contributed by atoms with Crippen molar-refractivity contribution in [1.29, 1.82) is 0 Å². The highest BCUT2D eigenvalue weighted by molar-refractivity contribution is 9.10. The predicted octanol–water partition coefficient (Wildman–Crippen LogP) is 4.63. The maximum absolute atomic E-state index is 14.1. The van der Waals surface area contributed by atoms with E-state index in [2.05, 4.69) is 15.9 Å². The van der Waals surface area contributed by atoms with Crippen LogP contribution in [0.1, 0.15) is 27.5 Å². The molecule has 0 unspecified atom stereocenters. The van der Waals surface area contributed by atoms with Gasteiger partial charge >= 0.3 is 0 Å². The summed E-state index contributed by atoms with van der Waals surface area (Å²) in [5, 5.41) is 0. The summed E-state index contributed by atoms with van der Waals surface area (Å²) in [6, 6.07) is 16.7. The van der Waals surface area contributed by atoms with Gasteiger partial charge in [0.2, 0.25) is 11.8 Å². The molecular weight excluding hydrogens is 564 g/mol. The predicted molar refractivity (Wildman–Crippen MR) is 146 cm³/mol. The normalized spacial score (nSPS) is 24.4. The Kier molecular flexibility index (Phi) is 5.52. The lowest BCUT2D eigenvalue weighted by molar-refractivity contribution is -0.123. The van der Waals surface area contributed by atoms with Crippen LogP contribution in [-0.4, -0.2) is 48.9 Å². The van der Waals surface area contributed by atoms with Gasteiger partial charge in [-0.15, -0.1) is 0 Å². The lowest BCUT2D eigenvalue weighted by Gasteiger charge is -2.35. The molecule has 0 bridgehead atoms. The van der Waals surface area contributed by atoms with Gasteiger partial charge in [-0.05, 0) is 63.5 Å². The molecule has 2 saturated heterocycles. The van der Waals surface area contributed by atoms with Crippen LogP contribution >= 0.6 is 15.9 Å². The van der Waals surface area contributed by atoms with E-state index >= 15 is 0 Å². The van der Waals surface area contributed by atoms with Crippen LogP contribution in [0, 0.1) is 11.8 Å². The van der Waals surface area contributed by atoms with Crippen molar-refractivity contribution >= 4 is 45.3 Å². The van der Waals surface area contributed by atoms with E-state index in [-0.39, 0.29) is 11.7 Å². The molecule has 196 valence electrons.